The Morgan fingerprint density at radius 2 is 1.36 bits per heavy atom. The van der Waals surface area contributed by atoms with Crippen molar-refractivity contribution >= 4 is 6.09 Å². The Morgan fingerprint density at radius 1 is 0.786 bits per heavy atom. The normalized spacial score (nSPS) is 10.8. The van der Waals surface area contributed by atoms with E-state index in [2.05, 4.69) is 12.2 Å². The van der Waals surface area contributed by atoms with Crippen LogP contribution in [0.15, 0.2) is 30.3 Å². The van der Waals surface area contributed by atoms with Gasteiger partial charge in [-0.05, 0) is 12.0 Å². The summed E-state index contributed by atoms with van der Waals surface area (Å²) in [7, 11) is 0. The molecular formula is C21H35NO6. The minimum atomic E-state index is -0.449. The van der Waals surface area contributed by atoms with E-state index in [0.717, 1.165) is 18.6 Å². The number of alkyl carbamates (subject to hydrolysis) is 1. The molecule has 28 heavy (non-hydrogen) atoms. The molecule has 0 spiro atoms. The minimum absolute atomic E-state index is 0.258. The van der Waals surface area contributed by atoms with Gasteiger partial charge in [0.2, 0.25) is 0 Å². The van der Waals surface area contributed by atoms with Gasteiger partial charge in [0.25, 0.3) is 0 Å². The average molecular weight is 398 g/mol. The first kappa shape index (κ1) is 24.4. The third-order valence-electron chi connectivity index (χ3n) is 3.74. The number of carbonyl (C=O) groups is 1. The van der Waals surface area contributed by atoms with Crippen LogP contribution in [0.1, 0.15) is 31.7 Å². The van der Waals surface area contributed by atoms with Crippen LogP contribution in [0.4, 0.5) is 4.79 Å². The van der Waals surface area contributed by atoms with Crippen LogP contribution in [0, 0.1) is 0 Å². The summed E-state index contributed by atoms with van der Waals surface area (Å²) in [5.41, 5.74) is 0.953. The lowest BCUT2D eigenvalue weighted by atomic mass is 10.2. The number of nitrogens with one attached hydrogen (secondary N) is 1. The predicted molar refractivity (Wildman–Crippen MR) is 107 cm³/mol. The number of rotatable bonds is 18. The molecule has 0 aliphatic carbocycles. The maximum Gasteiger partial charge on any atom is 0.407 e. The van der Waals surface area contributed by atoms with E-state index in [4.69, 9.17) is 23.7 Å². The van der Waals surface area contributed by atoms with Gasteiger partial charge in [-0.25, -0.2) is 4.79 Å². The average Bonchev–Trinajstić information content (AvgIpc) is 2.72. The Hall–Kier alpha value is -1.67. The molecule has 160 valence electrons. The third kappa shape index (κ3) is 15.4. The Morgan fingerprint density at radius 3 is 1.96 bits per heavy atom. The van der Waals surface area contributed by atoms with E-state index in [0.29, 0.717) is 52.8 Å². The second-order valence-corrected chi connectivity index (χ2v) is 6.15. The number of hydrogen-bond acceptors (Lipinski definition) is 6. The largest absolute Gasteiger partial charge is 0.445 e. The smallest absolute Gasteiger partial charge is 0.407 e. The molecule has 0 heterocycles. The second-order valence-electron chi connectivity index (χ2n) is 6.15. The summed E-state index contributed by atoms with van der Waals surface area (Å²) in [4.78, 5) is 11.5. The van der Waals surface area contributed by atoms with Crippen molar-refractivity contribution in [1.29, 1.82) is 0 Å². The van der Waals surface area contributed by atoms with Gasteiger partial charge in [-0.3, -0.25) is 0 Å². The Kier molecular flexibility index (Phi) is 16.3. The SMILES string of the molecule is CCCCCOCCOCCOCCOCCNC(=O)OCc1ccccc1. The van der Waals surface area contributed by atoms with Crippen molar-refractivity contribution in [2.75, 3.05) is 59.4 Å². The highest BCUT2D eigenvalue weighted by Crippen LogP contribution is 2.00. The maximum atomic E-state index is 11.5. The van der Waals surface area contributed by atoms with E-state index in [-0.39, 0.29) is 6.61 Å². The fourth-order valence-electron chi connectivity index (χ4n) is 2.22. The zero-order chi connectivity index (χ0) is 20.1. The molecule has 1 amide bonds. The molecule has 0 aliphatic heterocycles. The van der Waals surface area contributed by atoms with E-state index in [9.17, 15) is 4.79 Å². The van der Waals surface area contributed by atoms with Crippen LogP contribution in [0.2, 0.25) is 0 Å². The van der Waals surface area contributed by atoms with Crippen molar-refractivity contribution in [3.8, 4) is 0 Å². The molecule has 7 heteroatoms. The van der Waals surface area contributed by atoms with Gasteiger partial charge >= 0.3 is 6.09 Å². The summed E-state index contributed by atoms with van der Waals surface area (Å²) in [6, 6.07) is 9.54. The predicted octanol–water partition coefficient (Wildman–Crippen LogP) is 3.17. The summed E-state index contributed by atoms with van der Waals surface area (Å²) < 4.78 is 26.8. The van der Waals surface area contributed by atoms with E-state index < -0.39 is 6.09 Å². The maximum absolute atomic E-state index is 11.5. The number of ether oxygens (including phenoxy) is 5. The van der Waals surface area contributed by atoms with E-state index in [1.54, 1.807) is 0 Å². The molecule has 0 bridgehead atoms. The topological polar surface area (TPSA) is 75.3 Å². The van der Waals surface area contributed by atoms with E-state index in [1.165, 1.54) is 12.8 Å². The van der Waals surface area contributed by atoms with Crippen LogP contribution in [0.25, 0.3) is 0 Å². The van der Waals surface area contributed by atoms with Crippen LogP contribution in [0.5, 0.6) is 0 Å². The lowest BCUT2D eigenvalue weighted by Gasteiger charge is -2.08. The molecule has 1 N–H and O–H groups in total. The summed E-state index contributed by atoms with van der Waals surface area (Å²) in [5, 5.41) is 2.64. The van der Waals surface area contributed by atoms with Crippen molar-refractivity contribution in [2.45, 2.75) is 32.8 Å². The zero-order valence-electron chi connectivity index (χ0n) is 17.0. The fraction of sp³-hybridized carbons (Fsp3) is 0.667. The number of hydrogen-bond donors (Lipinski definition) is 1. The van der Waals surface area contributed by atoms with Crippen LogP contribution in [-0.2, 0) is 30.3 Å². The Balaban J connectivity index is 1.75. The third-order valence-corrected chi connectivity index (χ3v) is 3.74. The summed E-state index contributed by atoms with van der Waals surface area (Å²) in [5.74, 6) is 0. The Labute approximate surface area is 168 Å². The standard InChI is InChI=1S/C21H35NO6/c1-2-3-7-11-24-13-15-26-17-18-27-16-14-25-12-10-22-21(23)28-19-20-8-5-4-6-9-20/h4-6,8-9H,2-3,7,10-19H2,1H3,(H,22,23). The molecule has 0 radical (unpaired) electrons. The second kappa shape index (κ2) is 18.7. The fourth-order valence-corrected chi connectivity index (χ4v) is 2.22. The van der Waals surface area contributed by atoms with E-state index in [1.807, 2.05) is 30.3 Å². The first-order chi connectivity index (χ1) is 13.8. The molecule has 0 fully saturated rings. The highest BCUT2D eigenvalue weighted by atomic mass is 16.6. The first-order valence-corrected chi connectivity index (χ1v) is 10.1. The number of benzene rings is 1. The summed E-state index contributed by atoms with van der Waals surface area (Å²) >= 11 is 0. The van der Waals surface area contributed by atoms with Crippen molar-refractivity contribution in [2.24, 2.45) is 0 Å². The monoisotopic (exact) mass is 397 g/mol. The van der Waals surface area contributed by atoms with Crippen molar-refractivity contribution in [1.82, 2.24) is 5.32 Å². The van der Waals surface area contributed by atoms with Crippen LogP contribution in [0.3, 0.4) is 0 Å². The zero-order valence-corrected chi connectivity index (χ0v) is 17.0. The van der Waals surface area contributed by atoms with Gasteiger partial charge in [-0.15, -0.1) is 0 Å². The molecular weight excluding hydrogens is 362 g/mol. The van der Waals surface area contributed by atoms with Gasteiger partial charge in [-0.2, -0.15) is 0 Å². The number of carbonyl (C=O) groups excluding carboxylic acids is 1. The molecule has 0 saturated heterocycles. The lowest BCUT2D eigenvalue weighted by Crippen LogP contribution is -2.28. The lowest BCUT2D eigenvalue weighted by molar-refractivity contribution is -0.00179. The molecule has 0 saturated carbocycles. The van der Waals surface area contributed by atoms with E-state index >= 15 is 0 Å². The van der Waals surface area contributed by atoms with Crippen molar-refractivity contribution in [3.05, 3.63) is 35.9 Å². The van der Waals surface area contributed by atoms with Crippen molar-refractivity contribution in [3.63, 3.8) is 0 Å². The van der Waals surface area contributed by atoms with Crippen LogP contribution < -0.4 is 5.32 Å². The molecule has 1 aromatic carbocycles. The number of amides is 1. The van der Waals surface area contributed by atoms with Gasteiger partial charge in [0.15, 0.2) is 0 Å². The van der Waals surface area contributed by atoms with Crippen LogP contribution >= 0.6 is 0 Å². The van der Waals surface area contributed by atoms with Gasteiger partial charge < -0.3 is 29.0 Å². The highest BCUT2D eigenvalue weighted by Gasteiger charge is 2.01. The molecule has 7 nitrogen and oxygen atoms in total. The van der Waals surface area contributed by atoms with Gasteiger partial charge in [0.1, 0.15) is 6.61 Å². The van der Waals surface area contributed by atoms with Gasteiger partial charge in [-0.1, -0.05) is 50.1 Å². The Bertz CT molecular complexity index is 471. The van der Waals surface area contributed by atoms with Crippen LogP contribution in [-0.4, -0.2) is 65.5 Å². The summed E-state index contributed by atoms with van der Waals surface area (Å²) in [6.45, 7) is 7.33. The quantitative estimate of drug-likeness (QED) is 0.384. The highest BCUT2D eigenvalue weighted by molar-refractivity contribution is 5.67. The first-order valence-electron chi connectivity index (χ1n) is 10.1. The van der Waals surface area contributed by atoms with Gasteiger partial charge in [0, 0.05) is 13.2 Å². The van der Waals surface area contributed by atoms with Gasteiger partial charge in [0.05, 0.1) is 46.2 Å². The van der Waals surface area contributed by atoms with Crippen molar-refractivity contribution < 1.29 is 28.5 Å². The molecule has 1 rings (SSSR count). The molecule has 1 aromatic rings. The molecule has 0 atom stereocenters. The molecule has 0 aliphatic rings. The molecule has 0 unspecified atom stereocenters. The number of unbranched alkanes of at least 4 members (excludes halogenated alkanes) is 2. The molecule has 0 aromatic heterocycles. The minimum Gasteiger partial charge on any atom is -0.445 e. The summed E-state index contributed by atoms with van der Waals surface area (Å²) in [6.07, 6.45) is 3.09.